The molecule has 0 spiro atoms. The van der Waals surface area contributed by atoms with Crippen molar-refractivity contribution < 1.29 is 0 Å². The van der Waals surface area contributed by atoms with E-state index < -0.39 is 0 Å². The van der Waals surface area contributed by atoms with Crippen molar-refractivity contribution in [1.82, 2.24) is 0 Å². The summed E-state index contributed by atoms with van der Waals surface area (Å²) in [6.45, 7) is 4.49. The monoisotopic (exact) mass is 300 g/mol. The molecule has 0 nitrogen and oxygen atoms in total. The van der Waals surface area contributed by atoms with Gasteiger partial charge >= 0.3 is 0 Å². The lowest BCUT2D eigenvalue weighted by Crippen LogP contribution is -2.25. The molecule has 0 atom stereocenters. The third-order valence-corrected chi connectivity index (χ3v) is 5.80. The minimum atomic E-state index is 0.719. The van der Waals surface area contributed by atoms with Crippen LogP contribution in [0.3, 0.4) is 0 Å². The maximum absolute atomic E-state index is 3.52. The second kappa shape index (κ2) is 10.1. The predicted octanol–water partition coefficient (Wildman–Crippen LogP) is 6.76. The molecule has 0 bridgehead atoms. The molecule has 0 aliphatic heterocycles. The molecule has 0 heteroatoms. The van der Waals surface area contributed by atoms with Gasteiger partial charge in [-0.15, -0.1) is 5.92 Å². The van der Waals surface area contributed by atoms with Gasteiger partial charge in [0.25, 0.3) is 0 Å². The first-order valence-corrected chi connectivity index (χ1v) is 9.98. The molecule has 2 saturated carbocycles. The van der Waals surface area contributed by atoms with Crippen molar-refractivity contribution in [3.63, 3.8) is 0 Å². The lowest BCUT2D eigenvalue weighted by atomic mass is 9.69. The van der Waals surface area contributed by atoms with Crippen LogP contribution in [0.4, 0.5) is 0 Å². The first-order chi connectivity index (χ1) is 10.8. The first-order valence-electron chi connectivity index (χ1n) is 9.98. The molecule has 0 saturated heterocycles. The van der Waals surface area contributed by atoms with Gasteiger partial charge in [-0.2, -0.15) is 0 Å². The van der Waals surface area contributed by atoms with Gasteiger partial charge in [-0.1, -0.05) is 38.3 Å². The van der Waals surface area contributed by atoms with Crippen LogP contribution in [-0.2, 0) is 0 Å². The second-order valence-corrected chi connectivity index (χ2v) is 7.57. The quantitative estimate of drug-likeness (QED) is 0.388. The number of hydrogen-bond acceptors (Lipinski definition) is 0. The molecule has 0 aromatic carbocycles. The minimum Gasteiger partial charge on any atom is -0.103 e. The van der Waals surface area contributed by atoms with Crippen molar-refractivity contribution in [1.29, 1.82) is 0 Å². The van der Waals surface area contributed by atoms with E-state index in [-0.39, 0.29) is 0 Å². The Morgan fingerprint density at radius 1 is 0.818 bits per heavy atom. The molecule has 22 heavy (non-hydrogen) atoms. The van der Waals surface area contributed by atoms with E-state index in [4.69, 9.17) is 0 Å². The van der Waals surface area contributed by atoms with Crippen LogP contribution >= 0.6 is 0 Å². The number of allylic oxidation sites excluding steroid dienone is 2. The van der Waals surface area contributed by atoms with Gasteiger partial charge in [-0.05, 0) is 82.0 Å². The van der Waals surface area contributed by atoms with Crippen LogP contribution in [0.2, 0.25) is 0 Å². The fourth-order valence-corrected chi connectivity index (χ4v) is 4.34. The zero-order chi connectivity index (χ0) is 15.6. The highest BCUT2D eigenvalue weighted by Crippen LogP contribution is 2.41. The summed E-state index contributed by atoms with van der Waals surface area (Å²) < 4.78 is 0. The molecule has 0 heterocycles. The largest absolute Gasteiger partial charge is 0.103 e. The average Bonchev–Trinajstić information content (AvgIpc) is 2.57. The third-order valence-electron chi connectivity index (χ3n) is 5.80. The van der Waals surface area contributed by atoms with Crippen molar-refractivity contribution in [3.05, 3.63) is 12.2 Å². The molecule has 0 radical (unpaired) electrons. The minimum absolute atomic E-state index is 0.719. The molecule has 0 aromatic heterocycles. The summed E-state index contributed by atoms with van der Waals surface area (Å²) in [6.07, 6.45) is 21.3. The molecule has 0 aromatic rings. The van der Waals surface area contributed by atoms with Gasteiger partial charge in [0.1, 0.15) is 0 Å². The Balaban J connectivity index is 1.67. The van der Waals surface area contributed by atoms with E-state index in [0.717, 1.165) is 30.1 Å². The molecule has 0 unspecified atom stereocenters. The molecule has 2 fully saturated rings. The van der Waals surface area contributed by atoms with Gasteiger partial charge < -0.3 is 0 Å². The predicted molar refractivity (Wildman–Crippen MR) is 97.6 cm³/mol. The van der Waals surface area contributed by atoms with Crippen molar-refractivity contribution in [2.45, 2.75) is 90.9 Å². The molecule has 2 rings (SSSR count). The van der Waals surface area contributed by atoms with E-state index in [2.05, 4.69) is 37.8 Å². The molecule has 0 amide bonds. The summed E-state index contributed by atoms with van der Waals surface area (Å²) in [4.78, 5) is 0. The van der Waals surface area contributed by atoms with Crippen LogP contribution in [0.1, 0.15) is 90.9 Å². The van der Waals surface area contributed by atoms with Crippen LogP contribution in [0.25, 0.3) is 0 Å². The molecular weight excluding hydrogens is 264 g/mol. The summed E-state index contributed by atoms with van der Waals surface area (Å²) in [5.74, 6) is 10.5. The second-order valence-electron chi connectivity index (χ2n) is 7.57. The van der Waals surface area contributed by atoms with E-state index in [0.29, 0.717) is 0 Å². The molecule has 0 N–H and O–H groups in total. The number of hydrogen-bond donors (Lipinski definition) is 0. The zero-order valence-electron chi connectivity index (χ0n) is 14.9. The van der Waals surface area contributed by atoms with E-state index in [9.17, 15) is 0 Å². The van der Waals surface area contributed by atoms with Gasteiger partial charge in [0, 0.05) is 12.3 Å². The maximum Gasteiger partial charge on any atom is 0.0203 e. The molecule has 2 aliphatic carbocycles. The van der Waals surface area contributed by atoms with Crippen LogP contribution in [0.5, 0.6) is 0 Å². The van der Waals surface area contributed by atoms with Gasteiger partial charge in [-0.3, -0.25) is 0 Å². The summed E-state index contributed by atoms with van der Waals surface area (Å²) in [6, 6.07) is 0. The SMILES string of the molecule is CCCC#C[C@H]1CC[C@H](C2CCC(/C=C/CCC)CC2)CC1. The van der Waals surface area contributed by atoms with Crippen molar-refractivity contribution in [2.24, 2.45) is 23.7 Å². The number of unbranched alkanes of at least 4 members (excludes halogenated alkanes) is 2. The maximum atomic E-state index is 3.52. The van der Waals surface area contributed by atoms with Crippen LogP contribution in [0, 0.1) is 35.5 Å². The zero-order valence-corrected chi connectivity index (χ0v) is 14.9. The van der Waals surface area contributed by atoms with Crippen molar-refractivity contribution in [2.75, 3.05) is 0 Å². The highest BCUT2D eigenvalue weighted by molar-refractivity contribution is 5.05. The smallest absolute Gasteiger partial charge is 0.0203 e. The topological polar surface area (TPSA) is 0 Å². The first kappa shape index (κ1) is 17.7. The van der Waals surface area contributed by atoms with Gasteiger partial charge in [-0.25, -0.2) is 0 Å². The van der Waals surface area contributed by atoms with Crippen LogP contribution < -0.4 is 0 Å². The Labute approximate surface area is 139 Å². The average molecular weight is 301 g/mol. The number of rotatable bonds is 5. The lowest BCUT2D eigenvalue weighted by Gasteiger charge is -2.36. The Morgan fingerprint density at radius 2 is 1.45 bits per heavy atom. The van der Waals surface area contributed by atoms with E-state index >= 15 is 0 Å². The third kappa shape index (κ3) is 5.83. The Bertz CT molecular complexity index is 365. The van der Waals surface area contributed by atoms with E-state index in [1.807, 2.05) is 0 Å². The van der Waals surface area contributed by atoms with Gasteiger partial charge in [0.15, 0.2) is 0 Å². The fraction of sp³-hybridized carbons (Fsp3) is 0.818. The van der Waals surface area contributed by atoms with Gasteiger partial charge in [0.2, 0.25) is 0 Å². The van der Waals surface area contributed by atoms with Crippen molar-refractivity contribution in [3.8, 4) is 11.8 Å². The summed E-state index contributed by atoms with van der Waals surface area (Å²) >= 11 is 0. The molecular formula is C22H36. The van der Waals surface area contributed by atoms with Gasteiger partial charge in [0.05, 0.1) is 0 Å². The Hall–Kier alpha value is -0.700. The summed E-state index contributed by atoms with van der Waals surface area (Å²) in [7, 11) is 0. The van der Waals surface area contributed by atoms with E-state index in [1.165, 1.54) is 70.6 Å². The van der Waals surface area contributed by atoms with Crippen LogP contribution in [0.15, 0.2) is 12.2 Å². The Kier molecular flexibility index (Phi) is 8.14. The van der Waals surface area contributed by atoms with Crippen molar-refractivity contribution >= 4 is 0 Å². The fourth-order valence-electron chi connectivity index (χ4n) is 4.34. The lowest BCUT2D eigenvalue weighted by molar-refractivity contribution is 0.168. The summed E-state index contributed by atoms with van der Waals surface area (Å²) in [5, 5.41) is 0. The normalized spacial score (nSPS) is 32.6. The van der Waals surface area contributed by atoms with Crippen LogP contribution in [-0.4, -0.2) is 0 Å². The summed E-state index contributed by atoms with van der Waals surface area (Å²) in [5.41, 5.74) is 0. The van der Waals surface area contributed by atoms with E-state index in [1.54, 1.807) is 0 Å². The highest BCUT2D eigenvalue weighted by Gasteiger charge is 2.29. The molecule has 124 valence electrons. The Morgan fingerprint density at radius 3 is 2.05 bits per heavy atom. The highest BCUT2D eigenvalue weighted by atomic mass is 14.3. The molecule has 2 aliphatic rings. The standard InChI is InChI=1S/C22H36/c1-3-5-7-9-19-11-15-21(16-12-19)22-17-13-20(14-18-22)10-8-6-4-2/h7,9,19-22H,3-6,11-18H2,1-2H3/b9-7+/t19?,20-,21?,22-.